The summed E-state index contributed by atoms with van der Waals surface area (Å²) in [6.07, 6.45) is 2.14. The molecule has 0 aromatic carbocycles. The van der Waals surface area contributed by atoms with Gasteiger partial charge in [0.1, 0.15) is 6.54 Å². The van der Waals surface area contributed by atoms with Gasteiger partial charge in [-0.2, -0.15) is 0 Å². The van der Waals surface area contributed by atoms with Crippen LogP contribution in [0.15, 0.2) is 4.99 Å². The molecule has 1 amide bonds. The van der Waals surface area contributed by atoms with Crippen LogP contribution < -0.4 is 10.6 Å². The average molecular weight is 456 g/mol. The maximum Gasteiger partial charge on any atom is 0.243 e. The smallest absolute Gasteiger partial charge is 0.243 e. The molecule has 0 aliphatic rings. The second kappa shape index (κ2) is 14.7. The predicted molar refractivity (Wildman–Crippen MR) is 112 cm³/mol. The van der Waals surface area contributed by atoms with E-state index in [4.69, 9.17) is 4.74 Å². The van der Waals surface area contributed by atoms with Crippen molar-refractivity contribution >= 4 is 35.8 Å². The van der Waals surface area contributed by atoms with Gasteiger partial charge in [-0.25, -0.2) is 4.99 Å². The van der Waals surface area contributed by atoms with E-state index < -0.39 is 0 Å². The summed E-state index contributed by atoms with van der Waals surface area (Å²) < 4.78 is 5.76. The second-order valence-electron chi connectivity index (χ2n) is 6.36. The molecule has 0 aromatic heterocycles. The molecule has 0 aliphatic heterocycles. The SMILES string of the molecule is CCOC(CCNC(=NCC(=O)N(C)C)NC(C)CC)C(C)C.I. The first kappa shape index (κ1) is 25.7. The minimum absolute atomic E-state index is 0. The zero-order valence-corrected chi connectivity index (χ0v) is 18.7. The molecule has 2 atom stereocenters. The van der Waals surface area contributed by atoms with Crippen molar-refractivity contribution in [1.82, 2.24) is 15.5 Å². The number of likely N-dealkylation sites (N-methyl/N-ethyl adjacent to an activating group) is 1. The monoisotopic (exact) mass is 456 g/mol. The fourth-order valence-corrected chi connectivity index (χ4v) is 1.93. The Morgan fingerprint density at radius 3 is 2.29 bits per heavy atom. The molecule has 0 aromatic rings. The van der Waals surface area contributed by atoms with Crippen molar-refractivity contribution in [2.24, 2.45) is 10.9 Å². The summed E-state index contributed by atoms with van der Waals surface area (Å²) in [5.74, 6) is 1.16. The number of ether oxygens (including phenoxy) is 1. The van der Waals surface area contributed by atoms with Gasteiger partial charge in [-0.3, -0.25) is 4.79 Å². The van der Waals surface area contributed by atoms with Gasteiger partial charge in [0.05, 0.1) is 6.10 Å². The van der Waals surface area contributed by atoms with E-state index in [2.05, 4.69) is 43.3 Å². The van der Waals surface area contributed by atoms with Crippen molar-refractivity contribution in [1.29, 1.82) is 0 Å². The number of rotatable bonds is 10. The summed E-state index contributed by atoms with van der Waals surface area (Å²) in [7, 11) is 3.48. The summed E-state index contributed by atoms with van der Waals surface area (Å²) in [4.78, 5) is 17.6. The molecule has 0 fully saturated rings. The lowest BCUT2D eigenvalue weighted by Crippen LogP contribution is -2.44. The molecule has 0 saturated heterocycles. The second-order valence-corrected chi connectivity index (χ2v) is 6.36. The van der Waals surface area contributed by atoms with Gasteiger partial charge >= 0.3 is 0 Å². The van der Waals surface area contributed by atoms with Crippen molar-refractivity contribution in [3.8, 4) is 0 Å². The molecule has 0 saturated carbocycles. The first-order valence-electron chi connectivity index (χ1n) is 8.68. The normalized spacial score (nSPS) is 13.9. The Balaban J connectivity index is 0. The van der Waals surface area contributed by atoms with E-state index in [-0.39, 0.29) is 42.5 Å². The number of amides is 1. The Bertz CT molecular complexity index is 362. The molecule has 24 heavy (non-hydrogen) atoms. The molecule has 2 unspecified atom stereocenters. The zero-order valence-electron chi connectivity index (χ0n) is 16.4. The molecule has 6 nitrogen and oxygen atoms in total. The van der Waals surface area contributed by atoms with Crippen LogP contribution in [0.5, 0.6) is 0 Å². The number of nitrogens with zero attached hydrogens (tertiary/aromatic N) is 2. The van der Waals surface area contributed by atoms with Crippen LogP contribution in [-0.2, 0) is 9.53 Å². The highest BCUT2D eigenvalue weighted by molar-refractivity contribution is 14.0. The third-order valence-corrected chi connectivity index (χ3v) is 3.71. The van der Waals surface area contributed by atoms with E-state index in [1.165, 1.54) is 0 Å². The van der Waals surface area contributed by atoms with E-state index in [1.54, 1.807) is 19.0 Å². The Kier molecular flexibility index (Phi) is 15.8. The minimum Gasteiger partial charge on any atom is -0.378 e. The first-order valence-corrected chi connectivity index (χ1v) is 8.68. The lowest BCUT2D eigenvalue weighted by Gasteiger charge is -2.22. The zero-order chi connectivity index (χ0) is 17.8. The van der Waals surface area contributed by atoms with Crippen LogP contribution >= 0.6 is 24.0 Å². The summed E-state index contributed by atoms with van der Waals surface area (Å²) in [5, 5.41) is 6.63. The maximum absolute atomic E-state index is 11.7. The quantitative estimate of drug-likeness (QED) is 0.301. The van der Waals surface area contributed by atoms with Crippen LogP contribution in [0.2, 0.25) is 0 Å². The lowest BCUT2D eigenvalue weighted by atomic mass is 10.0. The first-order chi connectivity index (χ1) is 10.8. The molecular weight excluding hydrogens is 419 g/mol. The number of carbonyl (C=O) groups is 1. The standard InChI is InChI=1S/C17H36N4O2.HI/c1-8-14(5)20-17(19-12-16(22)21(6)7)18-11-10-15(13(3)4)23-9-2;/h13-15H,8-12H2,1-7H3,(H2,18,19,20);1H. The Labute approximate surface area is 165 Å². The van der Waals surface area contributed by atoms with Gasteiger partial charge in [-0.05, 0) is 32.6 Å². The van der Waals surface area contributed by atoms with Crippen LogP contribution in [-0.4, -0.2) is 62.7 Å². The molecule has 2 N–H and O–H groups in total. The van der Waals surface area contributed by atoms with Crippen molar-refractivity contribution in [2.45, 2.75) is 59.6 Å². The third-order valence-electron chi connectivity index (χ3n) is 3.71. The van der Waals surface area contributed by atoms with Crippen LogP contribution in [0.1, 0.15) is 47.5 Å². The Morgan fingerprint density at radius 2 is 1.83 bits per heavy atom. The van der Waals surface area contributed by atoms with Gasteiger partial charge in [-0.15, -0.1) is 24.0 Å². The van der Waals surface area contributed by atoms with Gasteiger partial charge in [0, 0.05) is 33.3 Å². The average Bonchev–Trinajstić information content (AvgIpc) is 2.50. The van der Waals surface area contributed by atoms with Crippen molar-refractivity contribution in [2.75, 3.05) is 33.8 Å². The number of halogens is 1. The molecule has 7 heteroatoms. The highest BCUT2D eigenvalue weighted by atomic mass is 127. The predicted octanol–water partition coefficient (Wildman–Crippen LogP) is 2.48. The summed E-state index contributed by atoms with van der Waals surface area (Å²) in [5.41, 5.74) is 0. The Hall–Kier alpha value is -0.570. The van der Waals surface area contributed by atoms with Crippen LogP contribution in [0.4, 0.5) is 0 Å². The van der Waals surface area contributed by atoms with E-state index >= 15 is 0 Å². The van der Waals surface area contributed by atoms with E-state index in [0.29, 0.717) is 17.9 Å². The van der Waals surface area contributed by atoms with E-state index in [1.807, 2.05) is 6.92 Å². The highest BCUT2D eigenvalue weighted by Crippen LogP contribution is 2.09. The molecule has 144 valence electrons. The van der Waals surface area contributed by atoms with Gasteiger partial charge in [0.2, 0.25) is 5.91 Å². The fourth-order valence-electron chi connectivity index (χ4n) is 1.93. The number of aliphatic imine (C=N–C) groups is 1. The summed E-state index contributed by atoms with van der Waals surface area (Å²) >= 11 is 0. The van der Waals surface area contributed by atoms with Crippen LogP contribution in [0.25, 0.3) is 0 Å². The molecule has 0 radical (unpaired) electrons. The van der Waals surface area contributed by atoms with Crippen LogP contribution in [0, 0.1) is 5.92 Å². The number of carbonyl (C=O) groups excluding carboxylic acids is 1. The van der Waals surface area contributed by atoms with Gasteiger partial charge in [0.15, 0.2) is 5.96 Å². The van der Waals surface area contributed by atoms with Crippen molar-refractivity contribution in [3.05, 3.63) is 0 Å². The van der Waals surface area contributed by atoms with Crippen LogP contribution in [0.3, 0.4) is 0 Å². The number of nitrogens with one attached hydrogen (secondary N) is 2. The molecule has 0 spiro atoms. The number of guanidine groups is 1. The number of hydrogen-bond donors (Lipinski definition) is 2. The van der Waals surface area contributed by atoms with Gasteiger partial charge in [-0.1, -0.05) is 20.8 Å². The van der Waals surface area contributed by atoms with E-state index in [9.17, 15) is 4.79 Å². The number of hydrogen-bond acceptors (Lipinski definition) is 3. The summed E-state index contributed by atoms with van der Waals surface area (Å²) in [6.45, 7) is 12.2. The lowest BCUT2D eigenvalue weighted by molar-refractivity contribution is -0.127. The minimum atomic E-state index is -0.00961. The topological polar surface area (TPSA) is 66.0 Å². The molecule has 0 rings (SSSR count). The fraction of sp³-hybridized carbons (Fsp3) is 0.882. The van der Waals surface area contributed by atoms with Gasteiger partial charge < -0.3 is 20.3 Å². The third kappa shape index (κ3) is 11.9. The molecule has 0 aliphatic carbocycles. The van der Waals surface area contributed by atoms with Gasteiger partial charge in [0.25, 0.3) is 0 Å². The highest BCUT2D eigenvalue weighted by Gasteiger charge is 2.13. The maximum atomic E-state index is 11.7. The molecule has 0 bridgehead atoms. The molecular formula is C17H37IN4O2. The van der Waals surface area contributed by atoms with E-state index in [0.717, 1.165) is 26.0 Å². The van der Waals surface area contributed by atoms with Crippen molar-refractivity contribution < 1.29 is 9.53 Å². The largest absolute Gasteiger partial charge is 0.378 e. The Morgan fingerprint density at radius 1 is 1.21 bits per heavy atom. The molecule has 0 heterocycles. The van der Waals surface area contributed by atoms with Crippen molar-refractivity contribution in [3.63, 3.8) is 0 Å². The summed E-state index contributed by atoms with van der Waals surface area (Å²) in [6, 6.07) is 0.309.